The van der Waals surface area contributed by atoms with E-state index in [0.717, 1.165) is 61.8 Å². The molecule has 1 aromatic heterocycles. The van der Waals surface area contributed by atoms with Crippen LogP contribution in [0.1, 0.15) is 25.1 Å². The highest BCUT2D eigenvalue weighted by Crippen LogP contribution is 2.32. The summed E-state index contributed by atoms with van der Waals surface area (Å²) in [6.45, 7) is 2.77. The van der Waals surface area contributed by atoms with Crippen LogP contribution in [-0.4, -0.2) is 40.5 Å². The predicted octanol–water partition coefficient (Wildman–Crippen LogP) is 2.78. The molecular formula is C19H24N4O. The summed E-state index contributed by atoms with van der Waals surface area (Å²) >= 11 is 0. The second kappa shape index (κ2) is 6.40. The first-order valence-electron chi connectivity index (χ1n) is 8.86. The first-order chi connectivity index (χ1) is 11.7. The minimum absolute atomic E-state index is 0.0772. The van der Waals surface area contributed by atoms with Crippen molar-refractivity contribution >= 4 is 11.7 Å². The van der Waals surface area contributed by atoms with Gasteiger partial charge in [-0.1, -0.05) is 30.3 Å². The van der Waals surface area contributed by atoms with E-state index in [2.05, 4.69) is 34.0 Å². The number of aryl methyl sites for hydroxylation is 1. The molecule has 5 heteroatoms. The van der Waals surface area contributed by atoms with Crippen LogP contribution < -0.4 is 5.32 Å². The number of imidazole rings is 1. The van der Waals surface area contributed by atoms with E-state index < -0.39 is 0 Å². The second-order valence-corrected chi connectivity index (χ2v) is 6.94. The maximum absolute atomic E-state index is 12.7. The van der Waals surface area contributed by atoms with Crippen molar-refractivity contribution in [2.24, 2.45) is 5.92 Å². The molecule has 126 valence electrons. The molecule has 1 unspecified atom stereocenters. The van der Waals surface area contributed by atoms with Crippen molar-refractivity contribution in [3.8, 4) is 11.3 Å². The van der Waals surface area contributed by atoms with Crippen molar-refractivity contribution in [2.75, 3.05) is 25.5 Å². The van der Waals surface area contributed by atoms with Crippen LogP contribution in [0.3, 0.4) is 0 Å². The molecule has 1 saturated heterocycles. The number of hydrogen-bond acceptors (Lipinski definition) is 3. The number of nitrogens with zero attached hydrogens (tertiary/aromatic N) is 3. The Labute approximate surface area is 142 Å². The van der Waals surface area contributed by atoms with Crippen LogP contribution in [0.25, 0.3) is 11.3 Å². The van der Waals surface area contributed by atoms with Gasteiger partial charge in [0.1, 0.15) is 17.3 Å². The number of likely N-dealkylation sites (tertiary alicyclic amines) is 1. The largest absolute Gasteiger partial charge is 0.314 e. The third-order valence-corrected chi connectivity index (χ3v) is 5.13. The minimum atomic E-state index is 0.0772. The van der Waals surface area contributed by atoms with Gasteiger partial charge < -0.3 is 14.8 Å². The molecule has 0 aliphatic carbocycles. The second-order valence-electron chi connectivity index (χ2n) is 6.94. The van der Waals surface area contributed by atoms with Crippen LogP contribution in [0.5, 0.6) is 0 Å². The SMILES string of the molecule is CN1CCC(C(=O)Nc2c(-c3ccccc3)nc3n2CCCC3)C1. The molecular weight excluding hydrogens is 300 g/mol. The molecule has 5 nitrogen and oxygen atoms in total. The summed E-state index contributed by atoms with van der Waals surface area (Å²) in [7, 11) is 2.07. The Bertz CT molecular complexity index is 737. The fourth-order valence-electron chi connectivity index (χ4n) is 3.78. The lowest BCUT2D eigenvalue weighted by Gasteiger charge is -2.18. The first kappa shape index (κ1) is 15.4. The molecule has 2 aromatic rings. The summed E-state index contributed by atoms with van der Waals surface area (Å²) in [5, 5.41) is 3.21. The molecule has 1 atom stereocenters. The number of carbonyl (C=O) groups excluding carboxylic acids is 1. The van der Waals surface area contributed by atoms with E-state index >= 15 is 0 Å². The Balaban J connectivity index is 1.68. The van der Waals surface area contributed by atoms with Crippen molar-refractivity contribution in [2.45, 2.75) is 32.2 Å². The quantitative estimate of drug-likeness (QED) is 0.944. The van der Waals surface area contributed by atoms with Crippen LogP contribution >= 0.6 is 0 Å². The molecule has 1 aromatic carbocycles. The zero-order valence-electron chi connectivity index (χ0n) is 14.2. The Morgan fingerprint density at radius 1 is 1.21 bits per heavy atom. The number of anilines is 1. The van der Waals surface area contributed by atoms with E-state index in [9.17, 15) is 4.79 Å². The number of benzene rings is 1. The number of amides is 1. The van der Waals surface area contributed by atoms with Gasteiger partial charge in [0.2, 0.25) is 5.91 Å². The Morgan fingerprint density at radius 2 is 2.04 bits per heavy atom. The van der Waals surface area contributed by atoms with Crippen molar-refractivity contribution in [3.63, 3.8) is 0 Å². The van der Waals surface area contributed by atoms with Gasteiger partial charge >= 0.3 is 0 Å². The maximum atomic E-state index is 12.7. The molecule has 4 rings (SSSR count). The van der Waals surface area contributed by atoms with E-state index in [1.165, 1.54) is 6.42 Å². The van der Waals surface area contributed by atoms with Crippen molar-refractivity contribution in [1.29, 1.82) is 0 Å². The average molecular weight is 324 g/mol. The number of aromatic nitrogens is 2. The first-order valence-corrected chi connectivity index (χ1v) is 8.86. The third kappa shape index (κ3) is 2.84. The average Bonchev–Trinajstić information content (AvgIpc) is 3.20. The van der Waals surface area contributed by atoms with Gasteiger partial charge in [0.05, 0.1) is 5.92 Å². The van der Waals surface area contributed by atoms with Crippen molar-refractivity contribution in [3.05, 3.63) is 36.2 Å². The molecule has 2 aliphatic rings. The molecule has 1 amide bonds. The van der Waals surface area contributed by atoms with E-state index in [-0.39, 0.29) is 11.8 Å². The summed E-state index contributed by atoms with van der Waals surface area (Å²) < 4.78 is 2.21. The van der Waals surface area contributed by atoms with Gasteiger partial charge in [0.25, 0.3) is 0 Å². The molecule has 1 N–H and O–H groups in total. The molecule has 0 bridgehead atoms. The standard InChI is InChI=1S/C19H24N4O/c1-22-12-10-15(13-22)19(24)21-18-17(14-7-3-2-4-8-14)20-16-9-5-6-11-23(16)18/h2-4,7-8,15H,5-6,9-13H2,1H3,(H,21,24). The van der Waals surface area contributed by atoms with Crippen molar-refractivity contribution < 1.29 is 4.79 Å². The van der Waals surface area contributed by atoms with Gasteiger partial charge in [-0.25, -0.2) is 4.98 Å². The molecule has 3 heterocycles. The van der Waals surface area contributed by atoms with Crippen LogP contribution in [0, 0.1) is 5.92 Å². The lowest BCUT2D eigenvalue weighted by Crippen LogP contribution is -2.27. The Morgan fingerprint density at radius 3 is 2.79 bits per heavy atom. The van der Waals surface area contributed by atoms with Crippen LogP contribution in [0.4, 0.5) is 5.82 Å². The summed E-state index contributed by atoms with van der Waals surface area (Å²) in [5.74, 6) is 2.19. The summed E-state index contributed by atoms with van der Waals surface area (Å²) in [6, 6.07) is 10.2. The molecule has 0 spiro atoms. The van der Waals surface area contributed by atoms with E-state index in [0.29, 0.717) is 0 Å². The van der Waals surface area contributed by atoms with Gasteiger partial charge in [0.15, 0.2) is 0 Å². The number of nitrogens with one attached hydrogen (secondary N) is 1. The molecule has 0 saturated carbocycles. The Hall–Kier alpha value is -2.14. The number of fused-ring (bicyclic) bond motifs is 1. The third-order valence-electron chi connectivity index (χ3n) is 5.13. The number of rotatable bonds is 3. The summed E-state index contributed by atoms with van der Waals surface area (Å²) in [6.07, 6.45) is 4.24. The van der Waals surface area contributed by atoms with Crippen LogP contribution in [-0.2, 0) is 17.8 Å². The van der Waals surface area contributed by atoms with Gasteiger partial charge in [0, 0.05) is 25.1 Å². The zero-order chi connectivity index (χ0) is 16.5. The minimum Gasteiger partial charge on any atom is -0.314 e. The van der Waals surface area contributed by atoms with Crippen LogP contribution in [0.2, 0.25) is 0 Å². The zero-order valence-corrected chi connectivity index (χ0v) is 14.2. The van der Waals surface area contributed by atoms with Gasteiger partial charge in [-0.15, -0.1) is 0 Å². The monoisotopic (exact) mass is 324 g/mol. The number of carbonyl (C=O) groups is 1. The molecule has 0 radical (unpaired) electrons. The van der Waals surface area contributed by atoms with E-state index in [4.69, 9.17) is 4.98 Å². The number of hydrogen-bond donors (Lipinski definition) is 1. The Kier molecular flexibility index (Phi) is 4.10. The highest BCUT2D eigenvalue weighted by atomic mass is 16.2. The van der Waals surface area contributed by atoms with Gasteiger partial charge in [-0.05, 0) is 32.9 Å². The van der Waals surface area contributed by atoms with E-state index in [1.54, 1.807) is 0 Å². The molecule has 2 aliphatic heterocycles. The fourth-order valence-corrected chi connectivity index (χ4v) is 3.78. The summed E-state index contributed by atoms with van der Waals surface area (Å²) in [5.41, 5.74) is 1.98. The summed E-state index contributed by atoms with van der Waals surface area (Å²) in [4.78, 5) is 19.8. The van der Waals surface area contributed by atoms with Gasteiger partial charge in [-0.3, -0.25) is 4.79 Å². The lowest BCUT2D eigenvalue weighted by atomic mass is 10.1. The van der Waals surface area contributed by atoms with Gasteiger partial charge in [-0.2, -0.15) is 0 Å². The highest BCUT2D eigenvalue weighted by Gasteiger charge is 2.29. The fraction of sp³-hybridized carbons (Fsp3) is 0.474. The predicted molar refractivity (Wildman–Crippen MR) is 94.8 cm³/mol. The topological polar surface area (TPSA) is 50.2 Å². The normalized spacial score (nSPS) is 20.8. The van der Waals surface area contributed by atoms with Crippen molar-refractivity contribution in [1.82, 2.24) is 14.5 Å². The molecule has 24 heavy (non-hydrogen) atoms. The highest BCUT2D eigenvalue weighted by molar-refractivity contribution is 5.95. The lowest BCUT2D eigenvalue weighted by molar-refractivity contribution is -0.119. The van der Waals surface area contributed by atoms with Crippen LogP contribution in [0.15, 0.2) is 30.3 Å². The maximum Gasteiger partial charge on any atom is 0.229 e. The van der Waals surface area contributed by atoms with E-state index in [1.807, 2.05) is 18.2 Å². The smallest absolute Gasteiger partial charge is 0.229 e. The molecule has 1 fully saturated rings.